The van der Waals surface area contributed by atoms with Crippen LogP contribution in [0.25, 0.3) is 0 Å². The van der Waals surface area contributed by atoms with E-state index in [1.165, 1.54) is 4.90 Å². The average molecular weight is 432 g/mol. The molecule has 1 atom stereocenters. The molecule has 3 rings (SSSR count). The van der Waals surface area contributed by atoms with E-state index in [4.69, 9.17) is 28.6 Å². The fourth-order valence-electron chi connectivity index (χ4n) is 3.22. The lowest BCUT2D eigenvalue weighted by atomic mass is 10.1. The number of ether oxygens (including phenoxy) is 1. The van der Waals surface area contributed by atoms with Crippen LogP contribution in [0.2, 0.25) is 5.02 Å². The smallest absolute Gasteiger partial charge is 0.257 e. The van der Waals surface area contributed by atoms with E-state index in [9.17, 15) is 9.59 Å². The van der Waals surface area contributed by atoms with Crippen LogP contribution in [0.3, 0.4) is 0 Å². The molecule has 0 saturated carbocycles. The Morgan fingerprint density at radius 3 is 2.45 bits per heavy atom. The predicted molar refractivity (Wildman–Crippen MR) is 117 cm³/mol. The Hall–Kier alpha value is -2.64. The van der Waals surface area contributed by atoms with E-state index in [2.05, 4.69) is 5.32 Å². The Kier molecular flexibility index (Phi) is 6.71. The minimum Gasteiger partial charge on any atom is -0.497 e. The number of hydrogen-bond acceptors (Lipinski definition) is 4. The lowest BCUT2D eigenvalue weighted by molar-refractivity contribution is -0.122. The summed E-state index contributed by atoms with van der Waals surface area (Å²) in [4.78, 5) is 28.9. The van der Waals surface area contributed by atoms with Crippen molar-refractivity contribution in [3.05, 3.63) is 59.1 Å². The number of methoxy groups -OCH3 is 1. The molecule has 2 aromatic rings. The molecule has 1 N–H and O–H groups in total. The van der Waals surface area contributed by atoms with Gasteiger partial charge < -0.3 is 15.0 Å². The highest BCUT2D eigenvalue weighted by molar-refractivity contribution is 7.80. The molecule has 29 heavy (non-hydrogen) atoms. The molecule has 0 bridgehead atoms. The van der Waals surface area contributed by atoms with Gasteiger partial charge in [0.15, 0.2) is 5.11 Å². The van der Waals surface area contributed by atoms with Gasteiger partial charge in [-0.2, -0.15) is 0 Å². The number of benzene rings is 2. The van der Waals surface area contributed by atoms with E-state index in [0.717, 1.165) is 5.56 Å². The number of anilines is 1. The molecular formula is C21H22ClN3O3S. The number of carbonyl (C=O) groups excluding carboxylic acids is 2. The van der Waals surface area contributed by atoms with Gasteiger partial charge in [0.2, 0.25) is 5.91 Å². The monoisotopic (exact) mass is 431 g/mol. The number of hydrogen-bond donors (Lipinski definition) is 1. The number of amides is 2. The standard InChI is InChI=1S/C21H22ClN3O3S/c1-3-23-21(29)24(13-14-4-6-15(22)7-5-14)18-12-19(26)25(20(18)27)16-8-10-17(28-2)11-9-16/h4-11,18H,3,12-13H2,1-2H3,(H,23,29)/t18-/m1/s1. The highest BCUT2D eigenvalue weighted by Gasteiger charge is 2.43. The summed E-state index contributed by atoms with van der Waals surface area (Å²) in [6.45, 7) is 2.94. The van der Waals surface area contributed by atoms with E-state index in [1.807, 2.05) is 19.1 Å². The van der Waals surface area contributed by atoms with Gasteiger partial charge in [-0.25, -0.2) is 4.90 Å². The molecule has 1 aliphatic heterocycles. The average Bonchev–Trinajstić information content (AvgIpc) is 3.01. The van der Waals surface area contributed by atoms with Crippen molar-refractivity contribution in [2.75, 3.05) is 18.6 Å². The third-order valence-corrected chi connectivity index (χ3v) is 5.32. The van der Waals surface area contributed by atoms with Crippen molar-refractivity contribution in [2.24, 2.45) is 0 Å². The molecule has 0 aromatic heterocycles. The Morgan fingerprint density at radius 2 is 1.86 bits per heavy atom. The predicted octanol–water partition coefficient (Wildman–Crippen LogP) is 3.38. The highest BCUT2D eigenvalue weighted by atomic mass is 35.5. The first kappa shape index (κ1) is 21.1. The van der Waals surface area contributed by atoms with E-state index in [0.29, 0.717) is 34.7 Å². The van der Waals surface area contributed by atoms with Crippen LogP contribution < -0.4 is 15.0 Å². The summed E-state index contributed by atoms with van der Waals surface area (Å²) >= 11 is 11.5. The van der Waals surface area contributed by atoms with E-state index < -0.39 is 6.04 Å². The fraction of sp³-hybridized carbons (Fsp3) is 0.286. The zero-order valence-electron chi connectivity index (χ0n) is 16.2. The van der Waals surface area contributed by atoms with Crippen molar-refractivity contribution in [3.8, 4) is 5.75 Å². The van der Waals surface area contributed by atoms with Crippen molar-refractivity contribution < 1.29 is 14.3 Å². The van der Waals surface area contributed by atoms with Crippen LogP contribution in [0.1, 0.15) is 18.9 Å². The molecule has 0 spiro atoms. The number of nitrogens with zero attached hydrogens (tertiary/aromatic N) is 2. The fourth-order valence-corrected chi connectivity index (χ4v) is 3.69. The van der Waals surface area contributed by atoms with Crippen LogP contribution in [0.4, 0.5) is 5.69 Å². The molecule has 1 saturated heterocycles. The number of nitrogens with one attached hydrogen (secondary N) is 1. The minimum atomic E-state index is -0.674. The van der Waals surface area contributed by atoms with Gasteiger partial charge in [-0.1, -0.05) is 23.7 Å². The Bertz CT molecular complexity index is 902. The topological polar surface area (TPSA) is 61.9 Å². The number of thiocarbonyl (C=S) groups is 1. The number of carbonyl (C=O) groups is 2. The summed E-state index contributed by atoms with van der Waals surface area (Å²) in [6.07, 6.45) is 0.0595. The largest absolute Gasteiger partial charge is 0.497 e. The summed E-state index contributed by atoms with van der Waals surface area (Å²) in [5.74, 6) is 0.0991. The molecule has 2 aromatic carbocycles. The van der Waals surface area contributed by atoms with Gasteiger partial charge in [0, 0.05) is 18.1 Å². The first-order chi connectivity index (χ1) is 13.9. The maximum absolute atomic E-state index is 13.2. The molecule has 1 heterocycles. The number of halogens is 1. The second-order valence-electron chi connectivity index (χ2n) is 6.58. The Labute approximate surface area is 180 Å². The molecule has 1 fully saturated rings. The van der Waals surface area contributed by atoms with Crippen molar-refractivity contribution in [1.82, 2.24) is 10.2 Å². The molecule has 152 valence electrons. The maximum atomic E-state index is 13.2. The Morgan fingerprint density at radius 1 is 1.21 bits per heavy atom. The molecule has 0 aliphatic carbocycles. The van der Waals surface area contributed by atoms with Crippen LogP contribution in [0, 0.1) is 0 Å². The SMILES string of the molecule is CCNC(=S)N(Cc1ccc(Cl)cc1)[C@@H]1CC(=O)N(c2ccc(OC)cc2)C1=O. The van der Waals surface area contributed by atoms with Crippen molar-refractivity contribution >= 4 is 46.4 Å². The first-order valence-electron chi connectivity index (χ1n) is 9.24. The molecule has 0 unspecified atom stereocenters. The Balaban J connectivity index is 1.86. The van der Waals surface area contributed by atoms with Gasteiger partial charge in [0.1, 0.15) is 11.8 Å². The molecule has 1 aliphatic rings. The van der Waals surface area contributed by atoms with Crippen LogP contribution >= 0.6 is 23.8 Å². The summed E-state index contributed by atoms with van der Waals surface area (Å²) in [7, 11) is 1.56. The molecule has 8 heteroatoms. The second-order valence-corrected chi connectivity index (χ2v) is 7.40. The molecule has 0 radical (unpaired) electrons. The lowest BCUT2D eigenvalue weighted by Crippen LogP contribution is -2.49. The number of rotatable bonds is 6. The first-order valence-corrected chi connectivity index (χ1v) is 10.0. The lowest BCUT2D eigenvalue weighted by Gasteiger charge is -2.30. The van der Waals surface area contributed by atoms with Crippen LogP contribution in [-0.4, -0.2) is 41.5 Å². The van der Waals surface area contributed by atoms with Crippen LogP contribution in [0.15, 0.2) is 48.5 Å². The molecule has 2 amide bonds. The van der Waals surface area contributed by atoms with E-state index >= 15 is 0 Å². The van der Waals surface area contributed by atoms with Gasteiger partial charge in [-0.15, -0.1) is 0 Å². The summed E-state index contributed by atoms with van der Waals surface area (Å²) in [5, 5.41) is 4.16. The summed E-state index contributed by atoms with van der Waals surface area (Å²) < 4.78 is 5.15. The van der Waals surface area contributed by atoms with Crippen molar-refractivity contribution in [3.63, 3.8) is 0 Å². The zero-order chi connectivity index (χ0) is 21.0. The van der Waals surface area contributed by atoms with Crippen molar-refractivity contribution in [2.45, 2.75) is 25.9 Å². The van der Waals surface area contributed by atoms with Crippen LogP contribution in [-0.2, 0) is 16.1 Å². The molecule has 6 nitrogen and oxygen atoms in total. The number of imide groups is 1. The quantitative estimate of drug-likeness (QED) is 0.559. The summed E-state index contributed by atoms with van der Waals surface area (Å²) in [5.41, 5.74) is 1.46. The van der Waals surface area contributed by atoms with Gasteiger partial charge in [-0.3, -0.25) is 9.59 Å². The minimum absolute atomic E-state index is 0.0595. The third kappa shape index (κ3) is 4.68. The second kappa shape index (κ2) is 9.24. The third-order valence-electron chi connectivity index (χ3n) is 4.68. The van der Waals surface area contributed by atoms with Crippen molar-refractivity contribution in [1.29, 1.82) is 0 Å². The van der Waals surface area contributed by atoms with Gasteiger partial charge in [-0.05, 0) is 61.1 Å². The van der Waals surface area contributed by atoms with E-state index in [1.54, 1.807) is 48.4 Å². The molecular weight excluding hydrogens is 410 g/mol. The van der Waals surface area contributed by atoms with Gasteiger partial charge >= 0.3 is 0 Å². The maximum Gasteiger partial charge on any atom is 0.257 e. The van der Waals surface area contributed by atoms with Crippen LogP contribution in [0.5, 0.6) is 5.75 Å². The normalized spacial score (nSPS) is 16.1. The zero-order valence-corrected chi connectivity index (χ0v) is 17.8. The summed E-state index contributed by atoms with van der Waals surface area (Å²) in [6, 6.07) is 13.5. The highest BCUT2D eigenvalue weighted by Crippen LogP contribution is 2.28. The van der Waals surface area contributed by atoms with E-state index in [-0.39, 0.29) is 18.2 Å². The van der Waals surface area contributed by atoms with Gasteiger partial charge in [0.25, 0.3) is 5.91 Å². The van der Waals surface area contributed by atoms with Gasteiger partial charge in [0.05, 0.1) is 19.2 Å².